The zero-order valence-electron chi connectivity index (χ0n) is 15.7. The van der Waals surface area contributed by atoms with E-state index in [0.29, 0.717) is 5.69 Å². The summed E-state index contributed by atoms with van der Waals surface area (Å²) >= 11 is 0. The smallest absolute Gasteiger partial charge is 0.354 e. The van der Waals surface area contributed by atoms with Gasteiger partial charge < -0.3 is 14.6 Å². The largest absolute Gasteiger partial charge is 0.464 e. The normalized spacial score (nSPS) is 11.4. The Morgan fingerprint density at radius 1 is 1.26 bits per heavy atom. The number of aromatic nitrogens is 1. The fourth-order valence-electron chi connectivity index (χ4n) is 2.59. The number of nitrogens with one attached hydrogen (secondary N) is 1. The highest BCUT2D eigenvalue weighted by Gasteiger charge is 2.26. The molecule has 0 bridgehead atoms. The number of para-hydroxylation sites is 1. The number of hydrogen-bond acceptors (Lipinski definition) is 5. The predicted molar refractivity (Wildman–Crippen MR) is 101 cm³/mol. The minimum absolute atomic E-state index is 0.0883. The average Bonchev–Trinajstić information content (AvgIpc) is 3.03. The third kappa shape index (κ3) is 4.55. The molecule has 27 heavy (non-hydrogen) atoms. The van der Waals surface area contributed by atoms with Gasteiger partial charge in [0, 0.05) is 26.0 Å². The molecule has 0 aliphatic carbocycles. The number of rotatable bonds is 7. The van der Waals surface area contributed by atoms with Crippen molar-refractivity contribution in [2.45, 2.75) is 18.2 Å². The Morgan fingerprint density at radius 3 is 2.56 bits per heavy atom. The van der Waals surface area contributed by atoms with E-state index in [1.54, 1.807) is 19.2 Å². The Bertz CT molecular complexity index is 950. The van der Waals surface area contributed by atoms with Crippen LogP contribution in [0.2, 0.25) is 0 Å². The fourth-order valence-corrected chi connectivity index (χ4v) is 3.79. The van der Waals surface area contributed by atoms with E-state index < -0.39 is 21.9 Å². The van der Waals surface area contributed by atoms with Crippen molar-refractivity contribution in [1.29, 1.82) is 0 Å². The van der Waals surface area contributed by atoms with Gasteiger partial charge in [-0.05, 0) is 24.1 Å². The minimum atomic E-state index is -3.94. The first-order valence-electron chi connectivity index (χ1n) is 8.29. The molecule has 0 aliphatic heterocycles. The van der Waals surface area contributed by atoms with Gasteiger partial charge in [-0.2, -0.15) is 4.31 Å². The molecule has 1 aromatic carbocycles. The van der Waals surface area contributed by atoms with Crippen LogP contribution in [0.1, 0.15) is 23.0 Å². The topological polar surface area (TPSA) is 97.7 Å². The summed E-state index contributed by atoms with van der Waals surface area (Å²) in [5.74, 6) is -1.10. The van der Waals surface area contributed by atoms with Crippen LogP contribution in [0.4, 0.5) is 5.69 Å². The average molecular weight is 393 g/mol. The molecular formula is C18H23N3O5S. The third-order valence-corrected chi connectivity index (χ3v) is 5.89. The number of likely N-dealkylation sites (N-methyl/N-ethyl adjacent to an activating group) is 1. The quantitative estimate of drug-likeness (QED) is 0.721. The number of carbonyl (C=O) groups is 2. The first-order chi connectivity index (χ1) is 12.7. The van der Waals surface area contributed by atoms with E-state index in [-0.39, 0.29) is 17.1 Å². The molecule has 0 radical (unpaired) electrons. The molecule has 0 aliphatic rings. The van der Waals surface area contributed by atoms with Gasteiger partial charge in [-0.1, -0.05) is 25.1 Å². The lowest BCUT2D eigenvalue weighted by Crippen LogP contribution is -2.35. The van der Waals surface area contributed by atoms with Gasteiger partial charge in [0.25, 0.3) is 0 Å². The number of hydrogen-bond donors (Lipinski definition) is 1. The van der Waals surface area contributed by atoms with Crippen molar-refractivity contribution in [2.24, 2.45) is 7.05 Å². The maximum Gasteiger partial charge on any atom is 0.354 e. The second-order valence-corrected chi connectivity index (χ2v) is 8.03. The van der Waals surface area contributed by atoms with Crippen molar-refractivity contribution < 1.29 is 22.7 Å². The van der Waals surface area contributed by atoms with Crippen LogP contribution in [-0.2, 0) is 33.0 Å². The highest BCUT2D eigenvalue weighted by Crippen LogP contribution is 2.19. The van der Waals surface area contributed by atoms with Crippen molar-refractivity contribution in [2.75, 3.05) is 26.0 Å². The van der Waals surface area contributed by atoms with Gasteiger partial charge in [0.15, 0.2) is 0 Å². The predicted octanol–water partition coefficient (Wildman–Crippen LogP) is 1.63. The van der Waals surface area contributed by atoms with Crippen molar-refractivity contribution >= 4 is 27.6 Å². The number of methoxy groups -OCH3 is 1. The van der Waals surface area contributed by atoms with E-state index in [2.05, 4.69) is 10.1 Å². The van der Waals surface area contributed by atoms with Gasteiger partial charge in [-0.15, -0.1) is 0 Å². The van der Waals surface area contributed by atoms with Crippen LogP contribution in [0.3, 0.4) is 0 Å². The lowest BCUT2D eigenvalue weighted by Gasteiger charge is -2.16. The molecule has 0 unspecified atom stereocenters. The first-order valence-corrected chi connectivity index (χ1v) is 9.73. The summed E-state index contributed by atoms with van der Waals surface area (Å²) in [4.78, 5) is 23.9. The number of carbonyl (C=O) groups excluding carboxylic acids is 2. The summed E-state index contributed by atoms with van der Waals surface area (Å²) in [7, 11) is 0.127. The molecule has 0 saturated carbocycles. The molecule has 1 amide bonds. The Labute approximate surface area is 158 Å². The van der Waals surface area contributed by atoms with Gasteiger partial charge in [0.1, 0.15) is 10.6 Å². The summed E-state index contributed by atoms with van der Waals surface area (Å²) < 4.78 is 32.3. The fraction of sp³-hybridized carbons (Fsp3) is 0.333. The number of sulfonamides is 1. The molecule has 0 spiro atoms. The molecule has 8 nitrogen and oxygen atoms in total. The Balaban J connectivity index is 2.15. The van der Waals surface area contributed by atoms with Crippen molar-refractivity contribution in [1.82, 2.24) is 8.87 Å². The van der Waals surface area contributed by atoms with Crippen LogP contribution in [-0.4, -0.2) is 49.9 Å². The number of amides is 1. The Kier molecular flexibility index (Phi) is 6.40. The molecule has 9 heteroatoms. The Hall–Kier alpha value is -2.65. The number of aryl methyl sites for hydroxylation is 2. The van der Waals surface area contributed by atoms with Crippen LogP contribution in [0.15, 0.2) is 41.4 Å². The van der Waals surface area contributed by atoms with Crippen LogP contribution in [0, 0.1) is 0 Å². The van der Waals surface area contributed by atoms with Crippen molar-refractivity contribution in [3.63, 3.8) is 0 Å². The van der Waals surface area contributed by atoms with Crippen LogP contribution < -0.4 is 5.32 Å². The zero-order chi connectivity index (χ0) is 20.2. The molecular weight excluding hydrogens is 370 g/mol. The SMILES string of the molecule is CCc1ccccc1NC(=O)CN(C)S(=O)(=O)c1cc(C(=O)OC)n(C)c1. The molecule has 0 fully saturated rings. The number of anilines is 1. The lowest BCUT2D eigenvalue weighted by molar-refractivity contribution is -0.116. The number of ether oxygens (including phenoxy) is 1. The van der Waals surface area contributed by atoms with Crippen molar-refractivity contribution in [3.8, 4) is 0 Å². The monoisotopic (exact) mass is 393 g/mol. The van der Waals surface area contributed by atoms with E-state index in [4.69, 9.17) is 0 Å². The third-order valence-electron chi connectivity index (χ3n) is 4.12. The summed E-state index contributed by atoms with van der Waals surface area (Å²) in [5, 5.41) is 2.74. The maximum atomic E-state index is 12.7. The minimum Gasteiger partial charge on any atom is -0.464 e. The van der Waals surface area contributed by atoms with Crippen LogP contribution in [0.25, 0.3) is 0 Å². The van der Waals surface area contributed by atoms with E-state index in [1.807, 2.05) is 19.1 Å². The molecule has 0 saturated heterocycles. The molecule has 1 heterocycles. The van der Waals surface area contributed by atoms with E-state index in [0.717, 1.165) is 16.3 Å². The molecule has 2 aromatic rings. The molecule has 1 N–H and O–H groups in total. The van der Waals surface area contributed by atoms with Gasteiger partial charge in [-0.25, -0.2) is 13.2 Å². The van der Waals surface area contributed by atoms with Gasteiger partial charge in [0.05, 0.1) is 13.7 Å². The Morgan fingerprint density at radius 2 is 1.93 bits per heavy atom. The first kappa shape index (κ1) is 20.7. The van der Waals surface area contributed by atoms with Crippen LogP contribution >= 0.6 is 0 Å². The summed E-state index contributed by atoms with van der Waals surface area (Å²) in [6.07, 6.45) is 2.05. The summed E-state index contributed by atoms with van der Waals surface area (Å²) in [5.41, 5.74) is 1.72. The van der Waals surface area contributed by atoms with E-state index in [9.17, 15) is 18.0 Å². The maximum absolute atomic E-state index is 12.7. The molecule has 2 rings (SSSR count). The standard InChI is InChI=1S/C18H23N3O5S/c1-5-13-8-6-7-9-15(13)19-17(22)12-21(3)27(24,25)14-10-16(18(23)26-4)20(2)11-14/h6-11H,5,12H2,1-4H3,(H,19,22). The van der Waals surface area contributed by atoms with E-state index in [1.165, 1.54) is 31.0 Å². The number of benzene rings is 1. The highest BCUT2D eigenvalue weighted by atomic mass is 32.2. The molecule has 146 valence electrons. The van der Waals surface area contributed by atoms with E-state index >= 15 is 0 Å². The molecule has 0 atom stereocenters. The molecule has 1 aromatic heterocycles. The van der Waals surface area contributed by atoms with Gasteiger partial charge in [0.2, 0.25) is 15.9 Å². The van der Waals surface area contributed by atoms with Gasteiger partial charge >= 0.3 is 5.97 Å². The highest BCUT2D eigenvalue weighted by molar-refractivity contribution is 7.89. The second-order valence-electron chi connectivity index (χ2n) is 5.98. The number of nitrogens with zero attached hydrogens (tertiary/aromatic N) is 2. The van der Waals surface area contributed by atoms with Crippen LogP contribution in [0.5, 0.6) is 0 Å². The summed E-state index contributed by atoms with van der Waals surface area (Å²) in [6, 6.07) is 8.56. The van der Waals surface area contributed by atoms with Gasteiger partial charge in [-0.3, -0.25) is 4.79 Å². The summed E-state index contributed by atoms with van der Waals surface area (Å²) in [6.45, 7) is 1.61. The lowest BCUT2D eigenvalue weighted by atomic mass is 10.1. The number of esters is 1. The second kappa shape index (κ2) is 8.36. The zero-order valence-corrected chi connectivity index (χ0v) is 16.5. The van der Waals surface area contributed by atoms with Crippen molar-refractivity contribution in [3.05, 3.63) is 47.8 Å².